The number of methoxy groups -OCH3 is 1. The Morgan fingerprint density at radius 3 is 2.70 bits per heavy atom. The van der Waals surface area contributed by atoms with Crippen LogP contribution in [0.25, 0.3) is 21.9 Å². The second-order valence-corrected chi connectivity index (χ2v) is 10.6. The maximum Gasteiger partial charge on any atom is 0.243 e. The number of carbonyl (C=O) groups is 3. The summed E-state index contributed by atoms with van der Waals surface area (Å²) in [7, 11) is 1.58. The van der Waals surface area contributed by atoms with Crippen molar-refractivity contribution in [3.05, 3.63) is 69.9 Å². The molecule has 0 saturated carbocycles. The van der Waals surface area contributed by atoms with Crippen molar-refractivity contribution in [2.24, 2.45) is 11.7 Å². The lowest BCUT2D eigenvalue weighted by Gasteiger charge is -2.23. The minimum absolute atomic E-state index is 0.0172. The minimum Gasteiger partial charge on any atom is -0.456 e. The molecule has 5 N–H and O–H groups in total. The van der Waals surface area contributed by atoms with E-state index in [1.54, 1.807) is 18.6 Å². The molecule has 0 aliphatic carbocycles. The standard InChI is InChI=1S/C16H23N5O4S.C13H10O/c1-25-7-10-2-13(21(6-10)14(23)5-19-9-22)16(24)20-4-12-3-11(8-26-12)15(17)18;1-9-6-7-13-11(8-9)10-4-2-3-5-12(10)14-13/h3,8-10,13H,2,4-7H2,1H3,(H3,17,18)(H,19,22)(H,20,24);2-8H,1H3. The highest BCUT2D eigenvalue weighted by atomic mass is 32.1. The van der Waals surface area contributed by atoms with Gasteiger partial charge in [-0.1, -0.05) is 29.8 Å². The zero-order valence-corrected chi connectivity index (χ0v) is 23.3. The average Bonchev–Trinajstić information content (AvgIpc) is 3.68. The van der Waals surface area contributed by atoms with Gasteiger partial charge in [-0.25, -0.2) is 0 Å². The number of amides is 3. The summed E-state index contributed by atoms with van der Waals surface area (Å²) in [6, 6.07) is 15.6. The van der Waals surface area contributed by atoms with Crippen LogP contribution in [0.1, 0.15) is 22.4 Å². The van der Waals surface area contributed by atoms with Gasteiger partial charge in [0.2, 0.25) is 18.2 Å². The fourth-order valence-corrected chi connectivity index (χ4v) is 5.60. The molecule has 3 heterocycles. The summed E-state index contributed by atoms with van der Waals surface area (Å²) < 4.78 is 10.9. The first kappa shape index (κ1) is 28.8. The Labute approximate surface area is 236 Å². The number of rotatable bonds is 9. The summed E-state index contributed by atoms with van der Waals surface area (Å²) in [5.74, 6) is -0.495. The number of hydrogen-bond acceptors (Lipinski definition) is 7. The van der Waals surface area contributed by atoms with Crippen LogP contribution in [0.5, 0.6) is 0 Å². The number of nitrogens with zero attached hydrogens (tertiary/aromatic N) is 1. The van der Waals surface area contributed by atoms with Crippen molar-refractivity contribution in [3.8, 4) is 0 Å². The van der Waals surface area contributed by atoms with E-state index in [1.807, 2.05) is 24.3 Å². The number of amidine groups is 1. The molecule has 1 aliphatic heterocycles. The number of benzene rings is 2. The number of hydrogen-bond donors (Lipinski definition) is 4. The SMILES string of the molecule is COCC1CC(C(=O)NCc2cc(C(=N)N)cs2)N(C(=O)CNC=O)C1.Cc1ccc2oc3ccccc3c2c1. The van der Waals surface area contributed by atoms with Crippen molar-refractivity contribution in [1.82, 2.24) is 15.5 Å². The van der Waals surface area contributed by atoms with E-state index in [2.05, 4.69) is 35.8 Å². The van der Waals surface area contributed by atoms with E-state index in [1.165, 1.54) is 32.6 Å². The van der Waals surface area contributed by atoms with Crippen molar-refractivity contribution in [3.63, 3.8) is 0 Å². The molecule has 11 heteroatoms. The molecule has 1 fully saturated rings. The van der Waals surface area contributed by atoms with Crippen LogP contribution in [0.3, 0.4) is 0 Å². The first-order valence-corrected chi connectivity index (χ1v) is 13.7. The van der Waals surface area contributed by atoms with Gasteiger partial charge in [0.15, 0.2) is 0 Å². The molecule has 5 rings (SSSR count). The lowest BCUT2D eigenvalue weighted by Crippen LogP contribution is -2.48. The van der Waals surface area contributed by atoms with Crippen LogP contribution in [0, 0.1) is 18.3 Å². The zero-order chi connectivity index (χ0) is 28.6. The smallest absolute Gasteiger partial charge is 0.243 e. The number of aryl methyl sites for hydroxylation is 1. The number of carbonyl (C=O) groups excluding carboxylic acids is 3. The first-order chi connectivity index (χ1) is 19.3. The van der Waals surface area contributed by atoms with E-state index in [0.717, 1.165) is 16.0 Å². The molecule has 0 radical (unpaired) electrons. The molecule has 2 atom stereocenters. The molecule has 40 heavy (non-hydrogen) atoms. The predicted molar refractivity (Wildman–Crippen MR) is 155 cm³/mol. The number of likely N-dealkylation sites (tertiary alicyclic amines) is 1. The van der Waals surface area contributed by atoms with Gasteiger partial charge >= 0.3 is 0 Å². The van der Waals surface area contributed by atoms with Crippen molar-refractivity contribution < 1.29 is 23.5 Å². The van der Waals surface area contributed by atoms with E-state index in [-0.39, 0.29) is 30.1 Å². The highest BCUT2D eigenvalue weighted by Crippen LogP contribution is 2.29. The highest BCUT2D eigenvalue weighted by Gasteiger charge is 2.39. The Bertz CT molecular complexity index is 1510. The monoisotopic (exact) mass is 563 g/mol. The molecule has 0 bridgehead atoms. The maximum atomic E-state index is 12.6. The average molecular weight is 564 g/mol. The van der Waals surface area contributed by atoms with Gasteiger partial charge in [0.1, 0.15) is 23.0 Å². The molecule has 1 aliphatic rings. The molecular weight excluding hydrogens is 530 g/mol. The first-order valence-electron chi connectivity index (χ1n) is 12.8. The number of nitrogen functional groups attached to an aromatic ring is 1. The van der Waals surface area contributed by atoms with Gasteiger partial charge in [-0.3, -0.25) is 19.8 Å². The molecule has 1 saturated heterocycles. The Morgan fingerprint density at radius 1 is 1.20 bits per heavy atom. The van der Waals surface area contributed by atoms with Gasteiger partial charge in [0.25, 0.3) is 0 Å². The molecule has 4 aromatic rings. The van der Waals surface area contributed by atoms with E-state index in [9.17, 15) is 14.4 Å². The van der Waals surface area contributed by atoms with E-state index >= 15 is 0 Å². The Balaban J connectivity index is 0.000000219. The van der Waals surface area contributed by atoms with Gasteiger partial charge in [-0.2, -0.15) is 0 Å². The van der Waals surface area contributed by atoms with Crippen molar-refractivity contribution in [1.29, 1.82) is 5.41 Å². The summed E-state index contributed by atoms with van der Waals surface area (Å²) in [4.78, 5) is 37.6. The fraction of sp³-hybridized carbons (Fsp3) is 0.310. The number of ether oxygens (including phenoxy) is 1. The van der Waals surface area contributed by atoms with Gasteiger partial charge < -0.3 is 30.4 Å². The predicted octanol–water partition coefficient (Wildman–Crippen LogP) is 3.15. The van der Waals surface area contributed by atoms with E-state index in [4.69, 9.17) is 20.3 Å². The number of thiophene rings is 1. The Hall–Kier alpha value is -4.22. The second-order valence-electron chi connectivity index (χ2n) is 9.65. The summed E-state index contributed by atoms with van der Waals surface area (Å²) in [6.07, 6.45) is 0.967. The molecule has 0 spiro atoms. The van der Waals surface area contributed by atoms with Gasteiger partial charge in [-0.05, 0) is 37.6 Å². The second kappa shape index (κ2) is 13.2. The van der Waals surface area contributed by atoms with Crippen LogP contribution < -0.4 is 16.4 Å². The zero-order valence-electron chi connectivity index (χ0n) is 22.4. The lowest BCUT2D eigenvalue weighted by molar-refractivity contribution is -0.138. The molecular formula is C29H33N5O5S. The van der Waals surface area contributed by atoms with Crippen LogP contribution in [0.4, 0.5) is 0 Å². The summed E-state index contributed by atoms with van der Waals surface area (Å²) in [5.41, 5.74) is 9.26. The Kier molecular flexibility index (Phi) is 9.52. The number of fused-ring (bicyclic) bond motifs is 3. The number of nitrogens with two attached hydrogens (primary N) is 1. The molecule has 2 unspecified atom stereocenters. The van der Waals surface area contributed by atoms with Crippen LogP contribution in [0.15, 0.2) is 58.3 Å². The quantitative estimate of drug-likeness (QED) is 0.140. The van der Waals surface area contributed by atoms with Gasteiger partial charge in [0, 0.05) is 46.2 Å². The molecule has 2 aromatic carbocycles. The third-order valence-electron chi connectivity index (χ3n) is 6.68. The number of para-hydroxylation sites is 1. The van der Waals surface area contributed by atoms with Crippen LogP contribution in [0.2, 0.25) is 0 Å². The summed E-state index contributed by atoms with van der Waals surface area (Å²) >= 11 is 1.40. The van der Waals surface area contributed by atoms with E-state index < -0.39 is 6.04 Å². The molecule has 3 amide bonds. The minimum atomic E-state index is -0.594. The van der Waals surface area contributed by atoms with Crippen molar-refractivity contribution in [2.45, 2.75) is 25.9 Å². The highest BCUT2D eigenvalue weighted by molar-refractivity contribution is 7.10. The topological polar surface area (TPSA) is 151 Å². The number of furan rings is 1. The van der Waals surface area contributed by atoms with Gasteiger partial charge in [0.05, 0.1) is 19.7 Å². The van der Waals surface area contributed by atoms with Crippen LogP contribution in [-0.2, 0) is 25.7 Å². The maximum absolute atomic E-state index is 12.6. The summed E-state index contributed by atoms with van der Waals surface area (Å²) in [6.45, 7) is 3.14. The largest absolute Gasteiger partial charge is 0.456 e. The molecule has 2 aromatic heterocycles. The normalized spacial score (nSPS) is 16.4. The third kappa shape index (κ3) is 6.85. The Morgan fingerprint density at radius 2 is 1.98 bits per heavy atom. The molecule has 10 nitrogen and oxygen atoms in total. The lowest BCUT2D eigenvalue weighted by atomic mass is 10.1. The van der Waals surface area contributed by atoms with Crippen LogP contribution >= 0.6 is 11.3 Å². The fourth-order valence-electron chi connectivity index (χ4n) is 4.78. The van der Waals surface area contributed by atoms with Crippen molar-refractivity contribution in [2.75, 3.05) is 26.8 Å². The van der Waals surface area contributed by atoms with Crippen molar-refractivity contribution >= 4 is 57.3 Å². The summed E-state index contributed by atoms with van der Waals surface area (Å²) in [5, 5.41) is 16.7. The number of nitrogens with one attached hydrogen (secondary N) is 3. The van der Waals surface area contributed by atoms with Gasteiger partial charge in [-0.15, -0.1) is 11.3 Å². The van der Waals surface area contributed by atoms with Crippen LogP contribution in [-0.4, -0.2) is 61.8 Å². The molecule has 210 valence electrons. The third-order valence-corrected chi connectivity index (χ3v) is 7.62. The van der Waals surface area contributed by atoms with E-state index in [0.29, 0.717) is 38.1 Å².